The fourth-order valence-electron chi connectivity index (χ4n) is 1.14. The predicted octanol–water partition coefficient (Wildman–Crippen LogP) is 3.05. The van der Waals surface area contributed by atoms with Crippen molar-refractivity contribution in [2.75, 3.05) is 23.9 Å². The third-order valence-corrected chi connectivity index (χ3v) is 2.38. The molecule has 0 aromatic heterocycles. The topological polar surface area (TPSA) is 35.5 Å². The Kier molecular flexibility index (Phi) is 6.49. The summed E-state index contributed by atoms with van der Waals surface area (Å²) in [6, 6.07) is 5.16. The average molecular weight is 352 g/mol. The van der Waals surface area contributed by atoms with E-state index in [0.29, 0.717) is 30.3 Å². The molecule has 1 rings (SSSR count). The van der Waals surface area contributed by atoms with Gasteiger partial charge in [0.05, 0.1) is 13.2 Å². The first-order valence-corrected chi connectivity index (χ1v) is 7.02. The van der Waals surface area contributed by atoms with Crippen molar-refractivity contribution in [2.24, 2.45) is 0 Å². The summed E-state index contributed by atoms with van der Waals surface area (Å²) in [4.78, 5) is 10.7. The maximum Gasteiger partial charge on any atom is 0.150 e. The van der Waals surface area contributed by atoms with Gasteiger partial charge >= 0.3 is 0 Å². The average Bonchev–Trinajstić information content (AvgIpc) is 2.33. The van der Waals surface area contributed by atoms with Crippen LogP contribution in [0.3, 0.4) is 0 Å². The number of alkyl halides is 2. The normalized spacial score (nSPS) is 9.88. The Morgan fingerprint density at radius 1 is 1.00 bits per heavy atom. The molecule has 88 valence electrons. The minimum absolute atomic E-state index is 0.552. The van der Waals surface area contributed by atoms with E-state index in [4.69, 9.17) is 9.47 Å². The highest BCUT2D eigenvalue weighted by Crippen LogP contribution is 2.22. The summed E-state index contributed by atoms with van der Waals surface area (Å²) in [6.07, 6.45) is 0.780. The molecule has 0 fully saturated rings. The van der Waals surface area contributed by atoms with Crippen molar-refractivity contribution in [3.8, 4) is 11.5 Å². The lowest BCUT2D eigenvalue weighted by Crippen LogP contribution is -2.01. The second-order valence-corrected chi connectivity index (χ2v) is 4.52. The van der Waals surface area contributed by atoms with E-state index in [2.05, 4.69) is 31.9 Å². The summed E-state index contributed by atoms with van der Waals surface area (Å²) < 4.78 is 10.8. The molecule has 1 aromatic rings. The highest BCUT2D eigenvalue weighted by molar-refractivity contribution is 9.09. The molecule has 0 aliphatic carbocycles. The molecule has 0 aliphatic heterocycles. The van der Waals surface area contributed by atoms with Gasteiger partial charge in [-0.2, -0.15) is 0 Å². The van der Waals surface area contributed by atoms with E-state index in [1.54, 1.807) is 18.2 Å². The van der Waals surface area contributed by atoms with Crippen molar-refractivity contribution in [3.63, 3.8) is 0 Å². The van der Waals surface area contributed by atoms with Gasteiger partial charge in [-0.1, -0.05) is 31.9 Å². The highest BCUT2D eigenvalue weighted by atomic mass is 79.9. The van der Waals surface area contributed by atoms with E-state index in [-0.39, 0.29) is 0 Å². The molecule has 0 bridgehead atoms. The van der Waals surface area contributed by atoms with E-state index in [1.165, 1.54) is 0 Å². The van der Waals surface area contributed by atoms with Crippen LogP contribution in [0.15, 0.2) is 18.2 Å². The van der Waals surface area contributed by atoms with Crippen molar-refractivity contribution < 1.29 is 14.3 Å². The molecule has 0 aliphatic rings. The molecule has 0 unspecified atom stereocenters. The molecule has 16 heavy (non-hydrogen) atoms. The van der Waals surface area contributed by atoms with Gasteiger partial charge in [-0.3, -0.25) is 4.79 Å². The van der Waals surface area contributed by atoms with Crippen LogP contribution in [0.5, 0.6) is 11.5 Å². The molecule has 0 radical (unpaired) electrons. The molecule has 0 spiro atoms. The van der Waals surface area contributed by atoms with Crippen LogP contribution >= 0.6 is 31.9 Å². The zero-order valence-electron chi connectivity index (χ0n) is 8.62. The quantitative estimate of drug-likeness (QED) is 0.559. The van der Waals surface area contributed by atoms with Gasteiger partial charge in [-0.05, 0) is 12.1 Å². The zero-order valence-corrected chi connectivity index (χ0v) is 11.8. The van der Waals surface area contributed by atoms with Gasteiger partial charge in [-0.15, -0.1) is 0 Å². The van der Waals surface area contributed by atoms with Crippen molar-refractivity contribution in [2.45, 2.75) is 0 Å². The minimum Gasteiger partial charge on any atom is -0.493 e. The number of ether oxygens (including phenoxy) is 2. The van der Waals surface area contributed by atoms with Crippen molar-refractivity contribution in [3.05, 3.63) is 23.8 Å². The summed E-state index contributed by atoms with van der Waals surface area (Å²) in [5.41, 5.74) is 0.552. The van der Waals surface area contributed by atoms with Crippen LogP contribution in [-0.4, -0.2) is 30.2 Å². The molecule has 0 heterocycles. The Hall–Kier alpha value is -0.550. The third kappa shape index (κ3) is 4.53. The number of halogens is 2. The van der Waals surface area contributed by atoms with Gasteiger partial charge in [0.15, 0.2) is 0 Å². The van der Waals surface area contributed by atoms with Crippen LogP contribution in [0, 0.1) is 0 Å². The molecule has 1 aromatic carbocycles. The van der Waals surface area contributed by atoms with Crippen LogP contribution in [-0.2, 0) is 0 Å². The number of carbonyl (C=O) groups excluding carboxylic acids is 1. The molecule has 0 saturated heterocycles. The van der Waals surface area contributed by atoms with E-state index in [9.17, 15) is 4.79 Å². The summed E-state index contributed by atoms with van der Waals surface area (Å²) in [6.45, 7) is 1.11. The standard InChI is InChI=1S/C11H12Br2O3/c12-1-3-15-10-5-9(8-14)6-11(7-10)16-4-2-13/h5-8H,1-4H2. The van der Waals surface area contributed by atoms with Crippen molar-refractivity contribution in [1.29, 1.82) is 0 Å². The lowest BCUT2D eigenvalue weighted by atomic mass is 10.2. The first-order chi connectivity index (χ1) is 7.80. The number of hydrogen-bond donors (Lipinski definition) is 0. The van der Waals surface area contributed by atoms with Gasteiger partial charge in [0.2, 0.25) is 0 Å². The lowest BCUT2D eigenvalue weighted by molar-refractivity contribution is 0.112. The summed E-state index contributed by atoms with van der Waals surface area (Å²) in [5, 5.41) is 1.49. The van der Waals surface area contributed by atoms with Gasteiger partial charge < -0.3 is 9.47 Å². The highest BCUT2D eigenvalue weighted by Gasteiger charge is 2.02. The first-order valence-electron chi connectivity index (χ1n) is 4.78. The molecule has 0 N–H and O–H groups in total. The smallest absolute Gasteiger partial charge is 0.150 e. The second-order valence-electron chi connectivity index (χ2n) is 2.93. The largest absolute Gasteiger partial charge is 0.493 e. The Bertz CT molecular complexity index is 316. The minimum atomic E-state index is 0.552. The predicted molar refractivity (Wildman–Crippen MR) is 70.4 cm³/mol. The zero-order chi connectivity index (χ0) is 11.8. The Balaban J connectivity index is 2.78. The van der Waals surface area contributed by atoms with Crippen molar-refractivity contribution in [1.82, 2.24) is 0 Å². The van der Waals surface area contributed by atoms with Crippen LogP contribution in [0.25, 0.3) is 0 Å². The van der Waals surface area contributed by atoms with Crippen LogP contribution in [0.4, 0.5) is 0 Å². The van der Waals surface area contributed by atoms with Crippen molar-refractivity contribution >= 4 is 38.1 Å². The molecule has 0 amide bonds. The molecule has 3 nitrogen and oxygen atoms in total. The lowest BCUT2D eigenvalue weighted by Gasteiger charge is -2.09. The Morgan fingerprint density at radius 3 is 1.88 bits per heavy atom. The monoisotopic (exact) mass is 350 g/mol. The number of benzene rings is 1. The SMILES string of the molecule is O=Cc1cc(OCCBr)cc(OCCBr)c1. The van der Waals surface area contributed by atoms with E-state index in [1.807, 2.05) is 0 Å². The Labute approximate surface area is 111 Å². The number of hydrogen-bond acceptors (Lipinski definition) is 3. The van der Waals surface area contributed by atoms with Crippen LogP contribution < -0.4 is 9.47 Å². The van der Waals surface area contributed by atoms with Gasteiger partial charge in [0.1, 0.15) is 17.8 Å². The number of aldehydes is 1. The summed E-state index contributed by atoms with van der Waals surface area (Å²) in [5.74, 6) is 1.29. The van der Waals surface area contributed by atoms with E-state index >= 15 is 0 Å². The van der Waals surface area contributed by atoms with E-state index in [0.717, 1.165) is 16.9 Å². The molecular weight excluding hydrogens is 340 g/mol. The maximum atomic E-state index is 10.7. The fourth-order valence-corrected chi connectivity index (χ4v) is 1.47. The first kappa shape index (κ1) is 13.5. The molecule has 5 heteroatoms. The summed E-state index contributed by atoms with van der Waals surface area (Å²) in [7, 11) is 0. The van der Waals surface area contributed by atoms with E-state index < -0.39 is 0 Å². The Morgan fingerprint density at radius 2 is 1.50 bits per heavy atom. The maximum absolute atomic E-state index is 10.7. The van der Waals surface area contributed by atoms with Gasteiger partial charge in [0, 0.05) is 22.3 Å². The number of carbonyl (C=O) groups is 1. The molecule has 0 saturated carbocycles. The summed E-state index contributed by atoms with van der Waals surface area (Å²) >= 11 is 6.54. The van der Waals surface area contributed by atoms with Gasteiger partial charge in [0.25, 0.3) is 0 Å². The number of rotatable bonds is 7. The second kappa shape index (κ2) is 7.68. The molecular formula is C11H12Br2O3. The van der Waals surface area contributed by atoms with Gasteiger partial charge in [-0.25, -0.2) is 0 Å². The van der Waals surface area contributed by atoms with Crippen LogP contribution in [0.1, 0.15) is 10.4 Å². The fraction of sp³-hybridized carbons (Fsp3) is 0.364. The molecule has 0 atom stereocenters. The third-order valence-electron chi connectivity index (χ3n) is 1.73. The van der Waals surface area contributed by atoms with Crippen LogP contribution in [0.2, 0.25) is 0 Å².